The van der Waals surface area contributed by atoms with Gasteiger partial charge in [-0.05, 0) is 22.4 Å². The third-order valence-electron chi connectivity index (χ3n) is 4.64. The zero-order chi connectivity index (χ0) is 18.3. The number of aromatic nitrogens is 1. The van der Waals surface area contributed by atoms with Crippen LogP contribution in [0.25, 0.3) is 21.7 Å². The van der Waals surface area contributed by atoms with E-state index >= 15 is 0 Å². The Morgan fingerprint density at radius 1 is 1.12 bits per heavy atom. The van der Waals surface area contributed by atoms with Gasteiger partial charge in [0, 0.05) is 24.2 Å². The number of nitrogens with two attached hydrogens (primary N) is 1. The molecule has 4 rings (SSSR count). The van der Waals surface area contributed by atoms with Crippen molar-refractivity contribution >= 4 is 27.6 Å². The number of primary amides is 1. The molecular weight excluding hydrogens is 331 g/mol. The van der Waals surface area contributed by atoms with Crippen LogP contribution < -0.4 is 10.5 Å². The first-order chi connectivity index (χ1) is 12.6. The van der Waals surface area contributed by atoms with Crippen LogP contribution in [0.3, 0.4) is 0 Å². The highest BCUT2D eigenvalue weighted by molar-refractivity contribution is 6.06. The van der Waals surface area contributed by atoms with Crippen molar-refractivity contribution in [3.05, 3.63) is 77.7 Å². The second-order valence-corrected chi connectivity index (χ2v) is 6.18. The Balaban J connectivity index is 1.92. The van der Waals surface area contributed by atoms with Crippen LogP contribution in [0.4, 0.5) is 4.39 Å². The Kier molecular flexibility index (Phi) is 3.84. The number of carbonyl (C=O) groups is 1. The molecule has 2 N–H and O–H groups in total. The molecule has 0 unspecified atom stereocenters. The van der Waals surface area contributed by atoms with E-state index < -0.39 is 11.7 Å². The molecule has 0 atom stereocenters. The van der Waals surface area contributed by atoms with Gasteiger partial charge >= 0.3 is 0 Å². The summed E-state index contributed by atoms with van der Waals surface area (Å²) in [5.41, 5.74) is 7.58. The Bertz CT molecular complexity index is 1140. The van der Waals surface area contributed by atoms with E-state index in [1.54, 1.807) is 12.3 Å². The minimum atomic E-state index is -0.587. The number of fused-ring (bicyclic) bond motifs is 2. The summed E-state index contributed by atoms with van der Waals surface area (Å²) in [7, 11) is 1.41. The van der Waals surface area contributed by atoms with Crippen LogP contribution in [0.15, 0.2) is 60.8 Å². The van der Waals surface area contributed by atoms with E-state index in [0.717, 1.165) is 16.3 Å². The van der Waals surface area contributed by atoms with Crippen LogP contribution in [0, 0.1) is 5.82 Å². The molecule has 0 aliphatic rings. The van der Waals surface area contributed by atoms with E-state index in [2.05, 4.69) is 18.2 Å². The van der Waals surface area contributed by atoms with Gasteiger partial charge in [-0.2, -0.15) is 0 Å². The summed E-state index contributed by atoms with van der Waals surface area (Å²) in [5, 5.41) is 2.75. The molecule has 0 fully saturated rings. The lowest BCUT2D eigenvalue weighted by atomic mass is 10.0. The highest BCUT2D eigenvalue weighted by Gasteiger charge is 2.17. The molecule has 0 aliphatic carbocycles. The van der Waals surface area contributed by atoms with Gasteiger partial charge in [-0.3, -0.25) is 4.79 Å². The van der Waals surface area contributed by atoms with Crippen LogP contribution in [0.2, 0.25) is 0 Å². The summed E-state index contributed by atoms with van der Waals surface area (Å²) in [6, 6.07) is 17.1. The molecule has 1 aromatic heterocycles. The Labute approximate surface area is 149 Å². The van der Waals surface area contributed by atoms with Crippen molar-refractivity contribution < 1.29 is 13.9 Å². The summed E-state index contributed by atoms with van der Waals surface area (Å²) in [6.07, 6.45) is 1.67. The summed E-state index contributed by atoms with van der Waals surface area (Å²) in [6.45, 7) is 0.528. The molecule has 0 aliphatic heterocycles. The minimum absolute atomic E-state index is 0.130. The average Bonchev–Trinajstić information content (AvgIpc) is 2.99. The molecule has 4 nitrogen and oxygen atoms in total. The maximum atomic E-state index is 14.1. The molecular formula is C21H17FN2O2. The van der Waals surface area contributed by atoms with Crippen molar-refractivity contribution in [1.29, 1.82) is 0 Å². The van der Waals surface area contributed by atoms with Crippen molar-refractivity contribution in [2.45, 2.75) is 6.54 Å². The number of ether oxygens (including phenoxy) is 1. The zero-order valence-corrected chi connectivity index (χ0v) is 14.2. The number of benzene rings is 3. The van der Waals surface area contributed by atoms with Crippen molar-refractivity contribution in [3.8, 4) is 5.75 Å². The third kappa shape index (κ3) is 2.58. The predicted octanol–water partition coefficient (Wildman–Crippen LogP) is 4.09. The van der Waals surface area contributed by atoms with Gasteiger partial charge < -0.3 is 15.0 Å². The zero-order valence-electron chi connectivity index (χ0n) is 14.2. The van der Waals surface area contributed by atoms with Gasteiger partial charge in [0.25, 0.3) is 5.91 Å². The van der Waals surface area contributed by atoms with Crippen LogP contribution in [-0.2, 0) is 6.54 Å². The lowest BCUT2D eigenvalue weighted by Gasteiger charge is -2.10. The lowest BCUT2D eigenvalue weighted by Crippen LogP contribution is -2.10. The number of hydrogen-bond acceptors (Lipinski definition) is 2. The normalized spacial score (nSPS) is 11.2. The standard InChI is InChI=1S/C21H17FN2O2/c1-26-20-10-19-16(9-18(20)22)17(21(23)25)12-24(19)11-14-7-4-6-13-5-2-3-8-15(13)14/h2-10,12H,11H2,1H3,(H2,23,25). The van der Waals surface area contributed by atoms with Gasteiger partial charge in [0.1, 0.15) is 0 Å². The summed E-state index contributed by atoms with van der Waals surface area (Å²) in [4.78, 5) is 11.8. The van der Waals surface area contributed by atoms with E-state index in [-0.39, 0.29) is 5.75 Å². The molecule has 1 amide bonds. The number of methoxy groups -OCH3 is 1. The Morgan fingerprint density at radius 3 is 2.65 bits per heavy atom. The van der Waals surface area contributed by atoms with E-state index in [9.17, 15) is 9.18 Å². The SMILES string of the molecule is COc1cc2c(cc1F)c(C(N)=O)cn2Cc1cccc2ccccc12. The van der Waals surface area contributed by atoms with Crippen molar-refractivity contribution in [2.24, 2.45) is 5.73 Å². The molecule has 0 saturated heterocycles. The fraction of sp³-hybridized carbons (Fsp3) is 0.0952. The van der Waals surface area contributed by atoms with Crippen LogP contribution in [0.1, 0.15) is 15.9 Å². The maximum Gasteiger partial charge on any atom is 0.250 e. The van der Waals surface area contributed by atoms with E-state index in [4.69, 9.17) is 10.5 Å². The van der Waals surface area contributed by atoms with E-state index in [1.165, 1.54) is 13.2 Å². The fourth-order valence-electron chi connectivity index (χ4n) is 3.39. The molecule has 130 valence electrons. The van der Waals surface area contributed by atoms with Gasteiger partial charge in [-0.25, -0.2) is 4.39 Å². The van der Waals surface area contributed by atoms with Crippen molar-refractivity contribution in [2.75, 3.05) is 7.11 Å². The number of carbonyl (C=O) groups excluding carboxylic acids is 1. The summed E-state index contributed by atoms with van der Waals surface area (Å²) >= 11 is 0. The van der Waals surface area contributed by atoms with E-state index in [0.29, 0.717) is 23.0 Å². The first-order valence-corrected chi connectivity index (χ1v) is 8.21. The Morgan fingerprint density at radius 2 is 1.88 bits per heavy atom. The van der Waals surface area contributed by atoms with E-state index in [1.807, 2.05) is 28.8 Å². The smallest absolute Gasteiger partial charge is 0.250 e. The first kappa shape index (κ1) is 16.1. The molecule has 0 bridgehead atoms. The van der Waals surface area contributed by atoms with Gasteiger partial charge in [0.2, 0.25) is 0 Å². The highest BCUT2D eigenvalue weighted by atomic mass is 19.1. The van der Waals surface area contributed by atoms with Crippen LogP contribution >= 0.6 is 0 Å². The molecule has 0 spiro atoms. The number of nitrogens with zero attached hydrogens (tertiary/aromatic N) is 1. The summed E-state index contributed by atoms with van der Waals surface area (Å²) in [5.74, 6) is -0.979. The van der Waals surface area contributed by atoms with Gasteiger partial charge in [0.15, 0.2) is 11.6 Å². The van der Waals surface area contributed by atoms with Crippen molar-refractivity contribution in [1.82, 2.24) is 4.57 Å². The maximum absolute atomic E-state index is 14.1. The lowest BCUT2D eigenvalue weighted by molar-refractivity contribution is 0.100. The minimum Gasteiger partial charge on any atom is -0.494 e. The number of hydrogen-bond donors (Lipinski definition) is 1. The molecule has 4 aromatic rings. The van der Waals surface area contributed by atoms with Gasteiger partial charge in [-0.1, -0.05) is 42.5 Å². The van der Waals surface area contributed by atoms with Gasteiger partial charge in [-0.15, -0.1) is 0 Å². The number of halogens is 1. The fourth-order valence-corrected chi connectivity index (χ4v) is 3.39. The largest absolute Gasteiger partial charge is 0.494 e. The number of rotatable bonds is 4. The third-order valence-corrected chi connectivity index (χ3v) is 4.64. The molecule has 0 radical (unpaired) electrons. The first-order valence-electron chi connectivity index (χ1n) is 8.21. The monoisotopic (exact) mass is 348 g/mol. The molecule has 3 aromatic carbocycles. The second-order valence-electron chi connectivity index (χ2n) is 6.18. The quantitative estimate of drug-likeness (QED) is 0.604. The Hall–Kier alpha value is -3.34. The average molecular weight is 348 g/mol. The number of amides is 1. The molecule has 26 heavy (non-hydrogen) atoms. The molecule has 1 heterocycles. The topological polar surface area (TPSA) is 57.2 Å². The predicted molar refractivity (Wildman–Crippen MR) is 100 cm³/mol. The highest BCUT2D eigenvalue weighted by Crippen LogP contribution is 2.30. The van der Waals surface area contributed by atoms with Crippen LogP contribution in [-0.4, -0.2) is 17.6 Å². The van der Waals surface area contributed by atoms with Gasteiger partial charge in [0.05, 0.1) is 18.2 Å². The molecule has 0 saturated carbocycles. The van der Waals surface area contributed by atoms with Crippen molar-refractivity contribution in [3.63, 3.8) is 0 Å². The van der Waals surface area contributed by atoms with Crippen LogP contribution in [0.5, 0.6) is 5.75 Å². The molecule has 5 heteroatoms. The second kappa shape index (κ2) is 6.19. The summed E-state index contributed by atoms with van der Waals surface area (Å²) < 4.78 is 21.1.